The number of methoxy groups -OCH3 is 1. The number of anilines is 1. The van der Waals surface area contributed by atoms with Crippen molar-refractivity contribution in [2.45, 2.75) is 51.5 Å². The van der Waals surface area contributed by atoms with Gasteiger partial charge in [-0.1, -0.05) is 12.1 Å². The number of hydrogen-bond acceptors (Lipinski definition) is 6. The Labute approximate surface area is 191 Å². The first-order valence-electron chi connectivity index (χ1n) is 11.7. The lowest BCUT2D eigenvalue weighted by atomic mass is 9.96. The van der Waals surface area contributed by atoms with Crippen molar-refractivity contribution in [1.29, 1.82) is 0 Å². The highest BCUT2D eigenvalue weighted by molar-refractivity contribution is 5.73. The number of amides is 1. The van der Waals surface area contributed by atoms with Crippen molar-refractivity contribution in [3.05, 3.63) is 46.9 Å². The van der Waals surface area contributed by atoms with E-state index in [1.807, 2.05) is 17.0 Å². The van der Waals surface area contributed by atoms with Crippen molar-refractivity contribution >= 4 is 11.7 Å². The van der Waals surface area contributed by atoms with Crippen molar-refractivity contribution in [3.63, 3.8) is 0 Å². The number of hydrogen-bond donors (Lipinski definition) is 1. The molecule has 172 valence electrons. The van der Waals surface area contributed by atoms with Gasteiger partial charge in [0.05, 0.1) is 19.3 Å². The lowest BCUT2D eigenvalue weighted by molar-refractivity contribution is -0.129. The zero-order valence-corrected chi connectivity index (χ0v) is 19.6. The second-order valence-electron chi connectivity index (χ2n) is 9.03. The Kier molecular flexibility index (Phi) is 7.25. The monoisotopic (exact) mass is 437 g/mol. The quantitative estimate of drug-likeness (QED) is 0.671. The highest BCUT2D eigenvalue weighted by atomic mass is 16.5. The molecule has 0 saturated carbocycles. The van der Waals surface area contributed by atoms with Crippen LogP contribution in [0.4, 0.5) is 5.82 Å². The predicted molar refractivity (Wildman–Crippen MR) is 126 cm³/mol. The van der Waals surface area contributed by atoms with Crippen LogP contribution in [0.1, 0.15) is 54.7 Å². The lowest BCUT2D eigenvalue weighted by Gasteiger charge is -2.32. The SMILES string of the molecule is COc1cccc(CCCNc2nc([C@@H]3CCCN(C)C3)nc3c2CCN(C(C)=O)C3)c1. The van der Waals surface area contributed by atoms with E-state index < -0.39 is 0 Å². The molecule has 4 rings (SSSR count). The molecule has 1 amide bonds. The van der Waals surface area contributed by atoms with Crippen LogP contribution in [-0.2, 0) is 24.2 Å². The summed E-state index contributed by atoms with van der Waals surface area (Å²) in [5.74, 6) is 3.26. The van der Waals surface area contributed by atoms with E-state index in [1.165, 1.54) is 17.5 Å². The number of fused-ring (bicyclic) bond motifs is 1. The number of carbonyl (C=O) groups is 1. The van der Waals surface area contributed by atoms with E-state index in [0.29, 0.717) is 12.5 Å². The molecule has 3 heterocycles. The molecule has 1 N–H and O–H groups in total. The molecule has 1 fully saturated rings. The van der Waals surface area contributed by atoms with Crippen molar-refractivity contribution in [2.24, 2.45) is 0 Å². The maximum atomic E-state index is 12.0. The van der Waals surface area contributed by atoms with Crippen LogP contribution in [0.2, 0.25) is 0 Å². The summed E-state index contributed by atoms with van der Waals surface area (Å²) in [6.07, 6.45) is 5.08. The van der Waals surface area contributed by atoms with Crippen LogP contribution in [0.5, 0.6) is 5.75 Å². The maximum Gasteiger partial charge on any atom is 0.219 e. The molecule has 2 aromatic rings. The number of likely N-dealkylation sites (tertiary alicyclic amines) is 1. The highest BCUT2D eigenvalue weighted by Crippen LogP contribution is 2.29. The summed E-state index contributed by atoms with van der Waals surface area (Å²) < 4.78 is 5.33. The number of benzene rings is 1. The van der Waals surface area contributed by atoms with E-state index in [4.69, 9.17) is 14.7 Å². The second-order valence-corrected chi connectivity index (χ2v) is 9.03. The van der Waals surface area contributed by atoms with Crippen molar-refractivity contribution in [1.82, 2.24) is 19.8 Å². The van der Waals surface area contributed by atoms with Gasteiger partial charge in [-0.15, -0.1) is 0 Å². The van der Waals surface area contributed by atoms with Crippen LogP contribution in [0, 0.1) is 0 Å². The number of aromatic nitrogens is 2. The average Bonchev–Trinajstić information content (AvgIpc) is 2.81. The lowest BCUT2D eigenvalue weighted by Crippen LogP contribution is -2.36. The number of nitrogens with zero attached hydrogens (tertiary/aromatic N) is 4. The van der Waals surface area contributed by atoms with Gasteiger partial charge in [0.15, 0.2) is 0 Å². The number of carbonyl (C=O) groups excluding carboxylic acids is 1. The molecule has 32 heavy (non-hydrogen) atoms. The first kappa shape index (κ1) is 22.5. The average molecular weight is 438 g/mol. The van der Waals surface area contributed by atoms with Gasteiger partial charge >= 0.3 is 0 Å². The molecule has 1 saturated heterocycles. The molecule has 0 aliphatic carbocycles. The summed E-state index contributed by atoms with van der Waals surface area (Å²) in [7, 11) is 3.87. The summed E-state index contributed by atoms with van der Waals surface area (Å²) in [6, 6.07) is 8.25. The molecule has 1 atom stereocenters. The zero-order chi connectivity index (χ0) is 22.5. The Morgan fingerprint density at radius 3 is 2.94 bits per heavy atom. The maximum absolute atomic E-state index is 12.0. The minimum absolute atomic E-state index is 0.112. The van der Waals surface area contributed by atoms with E-state index in [-0.39, 0.29) is 5.91 Å². The molecule has 2 aliphatic rings. The third kappa shape index (κ3) is 5.38. The number of rotatable bonds is 7. The third-order valence-corrected chi connectivity index (χ3v) is 6.59. The molecular weight excluding hydrogens is 402 g/mol. The van der Waals surface area contributed by atoms with E-state index >= 15 is 0 Å². The minimum atomic E-state index is 0.112. The van der Waals surface area contributed by atoms with E-state index in [9.17, 15) is 4.79 Å². The van der Waals surface area contributed by atoms with E-state index in [0.717, 1.165) is 74.9 Å². The molecule has 0 spiro atoms. The topological polar surface area (TPSA) is 70.6 Å². The zero-order valence-electron chi connectivity index (χ0n) is 19.6. The third-order valence-electron chi connectivity index (χ3n) is 6.59. The van der Waals surface area contributed by atoms with E-state index in [2.05, 4.69) is 29.4 Å². The fraction of sp³-hybridized carbons (Fsp3) is 0.560. The van der Waals surface area contributed by atoms with Crippen LogP contribution >= 0.6 is 0 Å². The molecule has 1 aromatic heterocycles. The number of ether oxygens (including phenoxy) is 1. The standard InChI is InChI=1S/C25H35N5O2/c1-18(31)30-14-11-22-23(17-30)27-24(20-9-6-13-29(2)16-20)28-25(22)26-12-5-8-19-7-4-10-21(15-19)32-3/h4,7,10,15,20H,5-6,8-9,11-14,16-17H2,1-3H3,(H,26,27,28)/t20-/m1/s1. The van der Waals surface area contributed by atoms with Gasteiger partial charge < -0.3 is 19.9 Å². The Bertz CT molecular complexity index is 948. The van der Waals surface area contributed by atoms with Gasteiger partial charge in [0.1, 0.15) is 17.4 Å². The summed E-state index contributed by atoms with van der Waals surface area (Å²) in [6.45, 7) is 5.93. The molecular formula is C25H35N5O2. The number of piperidine rings is 1. The van der Waals surface area contributed by atoms with Gasteiger partial charge in [-0.25, -0.2) is 9.97 Å². The molecule has 7 heteroatoms. The van der Waals surface area contributed by atoms with Crippen molar-refractivity contribution in [3.8, 4) is 5.75 Å². The van der Waals surface area contributed by atoms with Crippen LogP contribution < -0.4 is 10.1 Å². The molecule has 2 aliphatic heterocycles. The van der Waals surface area contributed by atoms with Crippen molar-refractivity contribution in [2.75, 3.05) is 45.7 Å². The Morgan fingerprint density at radius 1 is 1.28 bits per heavy atom. The number of aryl methyl sites for hydroxylation is 1. The van der Waals surface area contributed by atoms with Gasteiger partial charge in [-0.2, -0.15) is 0 Å². The Hall–Kier alpha value is -2.67. The normalized spacial score (nSPS) is 18.8. The van der Waals surface area contributed by atoms with Gasteiger partial charge in [0.25, 0.3) is 0 Å². The van der Waals surface area contributed by atoms with Crippen LogP contribution in [0.25, 0.3) is 0 Å². The van der Waals surface area contributed by atoms with Crippen LogP contribution in [0.3, 0.4) is 0 Å². The number of likely N-dealkylation sites (N-methyl/N-ethyl adjacent to an activating group) is 1. The van der Waals surface area contributed by atoms with Crippen LogP contribution in [0.15, 0.2) is 24.3 Å². The van der Waals surface area contributed by atoms with E-state index in [1.54, 1.807) is 14.0 Å². The van der Waals surface area contributed by atoms with Gasteiger partial charge in [-0.3, -0.25) is 4.79 Å². The smallest absolute Gasteiger partial charge is 0.219 e. The van der Waals surface area contributed by atoms with Crippen LogP contribution in [-0.4, -0.2) is 66.0 Å². The summed E-state index contributed by atoms with van der Waals surface area (Å²) in [5.41, 5.74) is 3.47. The Balaban J connectivity index is 1.48. The fourth-order valence-electron chi connectivity index (χ4n) is 4.75. The molecule has 1 aromatic carbocycles. The predicted octanol–water partition coefficient (Wildman–Crippen LogP) is 3.24. The van der Waals surface area contributed by atoms with Gasteiger partial charge in [0, 0.05) is 38.0 Å². The van der Waals surface area contributed by atoms with Gasteiger partial charge in [-0.05, 0) is 63.4 Å². The first-order chi connectivity index (χ1) is 15.5. The molecule has 0 unspecified atom stereocenters. The minimum Gasteiger partial charge on any atom is -0.497 e. The molecule has 0 bridgehead atoms. The highest BCUT2D eigenvalue weighted by Gasteiger charge is 2.27. The largest absolute Gasteiger partial charge is 0.497 e. The summed E-state index contributed by atoms with van der Waals surface area (Å²) in [5, 5.41) is 3.61. The van der Waals surface area contributed by atoms with Crippen molar-refractivity contribution < 1.29 is 9.53 Å². The molecule has 0 radical (unpaired) electrons. The summed E-state index contributed by atoms with van der Waals surface area (Å²) >= 11 is 0. The Morgan fingerprint density at radius 2 is 2.16 bits per heavy atom. The number of nitrogens with one attached hydrogen (secondary N) is 1. The molecule has 7 nitrogen and oxygen atoms in total. The summed E-state index contributed by atoms with van der Waals surface area (Å²) in [4.78, 5) is 26.2. The second kappa shape index (κ2) is 10.3. The fourth-order valence-corrected chi connectivity index (χ4v) is 4.75. The van der Waals surface area contributed by atoms with Gasteiger partial charge in [0.2, 0.25) is 5.91 Å². The first-order valence-corrected chi connectivity index (χ1v) is 11.7.